The summed E-state index contributed by atoms with van der Waals surface area (Å²) in [5.74, 6) is -0.216. The van der Waals surface area contributed by atoms with Crippen molar-refractivity contribution in [2.45, 2.75) is 31.3 Å². The molecule has 0 aliphatic heterocycles. The highest BCUT2D eigenvalue weighted by Gasteiger charge is 2.30. The molecule has 0 spiro atoms. The molecular formula is C13H14ClN5O. The van der Waals surface area contributed by atoms with Crippen LogP contribution in [0.1, 0.15) is 35.8 Å². The summed E-state index contributed by atoms with van der Waals surface area (Å²) < 4.78 is 2.05. The maximum atomic E-state index is 12.1. The quantitative estimate of drug-likeness (QED) is 0.937. The molecule has 1 fully saturated rings. The Hall–Kier alpha value is -1.95. The van der Waals surface area contributed by atoms with E-state index < -0.39 is 0 Å². The van der Waals surface area contributed by atoms with Gasteiger partial charge in [-0.05, 0) is 19.3 Å². The van der Waals surface area contributed by atoms with Crippen LogP contribution in [0, 0.1) is 0 Å². The first-order chi connectivity index (χ1) is 9.74. The second-order valence-corrected chi connectivity index (χ2v) is 5.20. The minimum absolute atomic E-state index is 0.0918. The summed E-state index contributed by atoms with van der Waals surface area (Å²) in [4.78, 5) is 24.1. The highest BCUT2D eigenvalue weighted by Crippen LogP contribution is 2.30. The summed E-state index contributed by atoms with van der Waals surface area (Å²) in [6.07, 6.45) is 11.3. The van der Waals surface area contributed by atoms with Crippen LogP contribution in [0.2, 0.25) is 5.15 Å². The van der Waals surface area contributed by atoms with Crippen LogP contribution >= 0.6 is 11.6 Å². The van der Waals surface area contributed by atoms with Crippen LogP contribution in [0.5, 0.6) is 0 Å². The van der Waals surface area contributed by atoms with E-state index in [1.807, 2.05) is 10.8 Å². The predicted molar refractivity (Wildman–Crippen MR) is 73.4 cm³/mol. The third-order valence-corrected chi connectivity index (χ3v) is 3.75. The fourth-order valence-electron chi connectivity index (χ4n) is 2.60. The van der Waals surface area contributed by atoms with Crippen molar-refractivity contribution < 1.29 is 4.79 Å². The molecule has 0 bridgehead atoms. The van der Waals surface area contributed by atoms with Crippen molar-refractivity contribution in [2.75, 3.05) is 0 Å². The normalized spacial score (nSPS) is 21.9. The molecule has 0 saturated heterocycles. The number of imidazole rings is 1. The zero-order chi connectivity index (χ0) is 13.9. The minimum atomic E-state index is -0.216. The molecular weight excluding hydrogens is 278 g/mol. The molecule has 2 heterocycles. The van der Waals surface area contributed by atoms with Crippen LogP contribution in [0.3, 0.4) is 0 Å². The number of aromatic nitrogens is 4. The first-order valence-electron chi connectivity index (χ1n) is 6.50. The van der Waals surface area contributed by atoms with E-state index in [4.69, 9.17) is 11.6 Å². The van der Waals surface area contributed by atoms with Crippen molar-refractivity contribution in [3.05, 3.63) is 42.0 Å². The lowest BCUT2D eigenvalue weighted by molar-refractivity contribution is 0.0923. The van der Waals surface area contributed by atoms with Crippen LogP contribution in [0.25, 0.3) is 0 Å². The number of hydrogen-bond donors (Lipinski definition) is 1. The van der Waals surface area contributed by atoms with Crippen molar-refractivity contribution in [3.63, 3.8) is 0 Å². The maximum absolute atomic E-state index is 12.1. The van der Waals surface area contributed by atoms with Gasteiger partial charge < -0.3 is 9.88 Å². The molecule has 1 amide bonds. The Morgan fingerprint density at radius 1 is 1.35 bits per heavy atom. The fraction of sp³-hybridized carbons (Fsp3) is 0.385. The van der Waals surface area contributed by atoms with Crippen molar-refractivity contribution in [3.8, 4) is 0 Å². The smallest absolute Gasteiger partial charge is 0.271 e. The molecule has 2 aromatic heterocycles. The van der Waals surface area contributed by atoms with Gasteiger partial charge in [-0.25, -0.2) is 15.0 Å². The summed E-state index contributed by atoms with van der Waals surface area (Å²) in [5.41, 5.74) is 0.283. The molecule has 104 valence electrons. The number of nitrogens with one attached hydrogen (secondary N) is 1. The maximum Gasteiger partial charge on any atom is 0.271 e. The molecule has 6 nitrogen and oxygen atoms in total. The van der Waals surface area contributed by atoms with Gasteiger partial charge in [0.15, 0.2) is 0 Å². The lowest BCUT2D eigenvalue weighted by atomic mass is 10.1. The number of carbonyl (C=O) groups is 1. The number of carbonyl (C=O) groups excluding carboxylic acids is 1. The van der Waals surface area contributed by atoms with E-state index >= 15 is 0 Å². The first kappa shape index (κ1) is 13.1. The third-order valence-electron chi connectivity index (χ3n) is 3.56. The Labute approximate surface area is 121 Å². The van der Waals surface area contributed by atoms with Crippen LogP contribution in [-0.2, 0) is 0 Å². The molecule has 0 aromatic carbocycles. The van der Waals surface area contributed by atoms with E-state index in [1.54, 1.807) is 12.5 Å². The standard InChI is InChI=1S/C13H14ClN5O/c14-12-7-16-10(6-17-12)13(20)18-9-2-1-3-11(9)19-5-4-15-8-19/h4-9,11H,1-3H2,(H,18,20). The van der Waals surface area contributed by atoms with Gasteiger partial charge in [-0.15, -0.1) is 0 Å². The number of amides is 1. The summed E-state index contributed by atoms with van der Waals surface area (Å²) >= 11 is 5.66. The summed E-state index contributed by atoms with van der Waals surface area (Å²) in [5, 5.41) is 3.30. The molecule has 1 aliphatic rings. The number of hydrogen-bond acceptors (Lipinski definition) is 4. The van der Waals surface area contributed by atoms with E-state index in [2.05, 4.69) is 20.3 Å². The van der Waals surface area contributed by atoms with E-state index in [9.17, 15) is 4.79 Å². The summed E-state index contributed by atoms with van der Waals surface area (Å²) in [6.45, 7) is 0. The molecule has 3 rings (SSSR count). The third kappa shape index (κ3) is 2.65. The van der Waals surface area contributed by atoms with Crippen LogP contribution in [-0.4, -0.2) is 31.5 Å². The molecule has 0 radical (unpaired) electrons. The molecule has 1 saturated carbocycles. The van der Waals surface area contributed by atoms with E-state index in [0.717, 1.165) is 19.3 Å². The van der Waals surface area contributed by atoms with E-state index in [-0.39, 0.29) is 28.8 Å². The first-order valence-corrected chi connectivity index (χ1v) is 6.87. The number of nitrogens with zero attached hydrogens (tertiary/aromatic N) is 4. The molecule has 7 heteroatoms. The highest BCUT2D eigenvalue weighted by molar-refractivity contribution is 6.29. The lowest BCUT2D eigenvalue weighted by Crippen LogP contribution is -2.38. The van der Waals surface area contributed by atoms with Crippen LogP contribution < -0.4 is 5.32 Å². The van der Waals surface area contributed by atoms with Crippen molar-refractivity contribution in [1.82, 2.24) is 24.8 Å². The van der Waals surface area contributed by atoms with Gasteiger partial charge in [0.25, 0.3) is 5.91 Å². The molecule has 1 aliphatic carbocycles. The molecule has 2 atom stereocenters. The van der Waals surface area contributed by atoms with Crippen molar-refractivity contribution >= 4 is 17.5 Å². The summed E-state index contributed by atoms with van der Waals surface area (Å²) in [6, 6.07) is 0.343. The average Bonchev–Trinajstić information content (AvgIpc) is 3.09. The van der Waals surface area contributed by atoms with Gasteiger partial charge in [0.05, 0.1) is 24.8 Å². The highest BCUT2D eigenvalue weighted by atomic mass is 35.5. The van der Waals surface area contributed by atoms with E-state index in [0.29, 0.717) is 0 Å². The van der Waals surface area contributed by atoms with Gasteiger partial charge in [0.2, 0.25) is 0 Å². The zero-order valence-corrected chi connectivity index (χ0v) is 11.5. The van der Waals surface area contributed by atoms with E-state index in [1.165, 1.54) is 12.4 Å². The minimum Gasteiger partial charge on any atom is -0.346 e. The second kappa shape index (κ2) is 5.58. The Bertz CT molecular complexity index is 583. The molecule has 2 unspecified atom stereocenters. The van der Waals surface area contributed by atoms with Gasteiger partial charge in [0, 0.05) is 18.4 Å². The summed E-state index contributed by atoms with van der Waals surface area (Å²) in [7, 11) is 0. The Morgan fingerprint density at radius 2 is 2.25 bits per heavy atom. The van der Waals surface area contributed by atoms with Gasteiger partial charge in [-0.3, -0.25) is 4.79 Å². The van der Waals surface area contributed by atoms with Crippen LogP contribution in [0.4, 0.5) is 0 Å². The second-order valence-electron chi connectivity index (χ2n) is 4.81. The Morgan fingerprint density at radius 3 is 2.95 bits per heavy atom. The van der Waals surface area contributed by atoms with Gasteiger partial charge >= 0.3 is 0 Å². The topological polar surface area (TPSA) is 72.7 Å². The fourth-order valence-corrected chi connectivity index (χ4v) is 2.70. The zero-order valence-electron chi connectivity index (χ0n) is 10.7. The lowest BCUT2D eigenvalue weighted by Gasteiger charge is -2.21. The Balaban J connectivity index is 1.70. The molecule has 2 aromatic rings. The van der Waals surface area contributed by atoms with Crippen molar-refractivity contribution in [1.29, 1.82) is 0 Å². The average molecular weight is 292 g/mol. The van der Waals surface area contributed by atoms with Gasteiger partial charge in [-0.2, -0.15) is 0 Å². The molecule has 1 N–H and O–H groups in total. The number of halogens is 1. The van der Waals surface area contributed by atoms with Gasteiger partial charge in [0.1, 0.15) is 10.8 Å². The monoisotopic (exact) mass is 291 g/mol. The van der Waals surface area contributed by atoms with Crippen LogP contribution in [0.15, 0.2) is 31.1 Å². The molecule has 20 heavy (non-hydrogen) atoms. The predicted octanol–water partition coefficient (Wildman–Crippen LogP) is 1.85. The Kier molecular flexibility index (Phi) is 3.64. The van der Waals surface area contributed by atoms with Crippen molar-refractivity contribution in [2.24, 2.45) is 0 Å². The largest absolute Gasteiger partial charge is 0.346 e. The van der Waals surface area contributed by atoms with Gasteiger partial charge in [-0.1, -0.05) is 11.6 Å². The SMILES string of the molecule is O=C(NC1CCCC1n1ccnc1)c1cnc(Cl)cn1. The number of rotatable bonds is 3.